The van der Waals surface area contributed by atoms with Crippen molar-refractivity contribution in [3.05, 3.63) is 71.8 Å². The van der Waals surface area contributed by atoms with Gasteiger partial charge in [-0.15, -0.1) is 0 Å². The van der Waals surface area contributed by atoms with Crippen LogP contribution in [0.1, 0.15) is 31.0 Å². The van der Waals surface area contributed by atoms with E-state index in [-0.39, 0.29) is 0 Å². The van der Waals surface area contributed by atoms with E-state index in [1.165, 1.54) is 11.1 Å². The maximum atomic E-state index is 4.69. The Morgan fingerprint density at radius 2 is 1.43 bits per heavy atom. The lowest BCUT2D eigenvalue weighted by Crippen LogP contribution is -2.52. The van der Waals surface area contributed by atoms with Crippen LogP contribution in [0.25, 0.3) is 0 Å². The molecule has 1 aliphatic heterocycles. The predicted octanol–water partition coefficient (Wildman–Crippen LogP) is 3.47. The SMILES string of the molecule is CC1CN(C(c2ccccc2)c2ccccc2)C(C)C[N]1. The molecule has 1 saturated heterocycles. The quantitative estimate of drug-likeness (QED) is 0.841. The second-order valence-electron chi connectivity index (χ2n) is 5.98. The number of piperazine rings is 1. The first-order chi connectivity index (χ1) is 10.3. The fourth-order valence-corrected chi connectivity index (χ4v) is 3.19. The second-order valence-corrected chi connectivity index (χ2v) is 5.98. The molecule has 0 bridgehead atoms. The number of rotatable bonds is 3. The predicted molar refractivity (Wildman–Crippen MR) is 87.4 cm³/mol. The van der Waals surface area contributed by atoms with E-state index < -0.39 is 0 Å². The largest absolute Gasteiger partial charge is 0.287 e. The summed E-state index contributed by atoms with van der Waals surface area (Å²) in [4.78, 5) is 2.60. The van der Waals surface area contributed by atoms with Crippen LogP contribution in [-0.2, 0) is 0 Å². The monoisotopic (exact) mass is 279 g/mol. The summed E-state index contributed by atoms with van der Waals surface area (Å²) in [5.74, 6) is 0. The average Bonchev–Trinajstić information content (AvgIpc) is 2.53. The van der Waals surface area contributed by atoms with Crippen molar-refractivity contribution >= 4 is 0 Å². The molecule has 1 fully saturated rings. The summed E-state index contributed by atoms with van der Waals surface area (Å²) in [5, 5.41) is 4.69. The summed E-state index contributed by atoms with van der Waals surface area (Å²) >= 11 is 0. The van der Waals surface area contributed by atoms with Crippen LogP contribution in [-0.4, -0.2) is 30.1 Å². The van der Waals surface area contributed by atoms with Gasteiger partial charge in [0.25, 0.3) is 0 Å². The molecule has 0 aliphatic carbocycles. The highest BCUT2D eigenvalue weighted by atomic mass is 15.2. The van der Waals surface area contributed by atoms with Gasteiger partial charge in [0.15, 0.2) is 0 Å². The highest BCUT2D eigenvalue weighted by molar-refractivity contribution is 5.32. The normalized spacial score (nSPS) is 23.4. The third kappa shape index (κ3) is 3.17. The van der Waals surface area contributed by atoms with Crippen molar-refractivity contribution in [2.24, 2.45) is 0 Å². The van der Waals surface area contributed by atoms with Gasteiger partial charge in [-0.1, -0.05) is 60.7 Å². The van der Waals surface area contributed by atoms with Crippen LogP contribution in [0.2, 0.25) is 0 Å². The Hall–Kier alpha value is -1.64. The van der Waals surface area contributed by atoms with Crippen molar-refractivity contribution in [3.8, 4) is 0 Å². The van der Waals surface area contributed by atoms with E-state index in [9.17, 15) is 0 Å². The molecule has 2 unspecified atom stereocenters. The first-order valence-corrected chi connectivity index (χ1v) is 7.78. The van der Waals surface area contributed by atoms with Crippen molar-refractivity contribution in [2.75, 3.05) is 13.1 Å². The second kappa shape index (κ2) is 6.42. The molecular formula is C19H23N2. The van der Waals surface area contributed by atoms with Gasteiger partial charge in [-0.25, -0.2) is 5.32 Å². The van der Waals surface area contributed by atoms with Gasteiger partial charge in [0.05, 0.1) is 6.04 Å². The van der Waals surface area contributed by atoms with Crippen LogP contribution in [0.15, 0.2) is 60.7 Å². The molecule has 1 radical (unpaired) electrons. The molecule has 2 aromatic carbocycles. The Kier molecular flexibility index (Phi) is 4.37. The van der Waals surface area contributed by atoms with E-state index in [0.717, 1.165) is 13.1 Å². The summed E-state index contributed by atoms with van der Waals surface area (Å²) in [6, 6.07) is 22.9. The molecule has 2 nitrogen and oxygen atoms in total. The van der Waals surface area contributed by atoms with Gasteiger partial charge in [0.2, 0.25) is 0 Å². The van der Waals surface area contributed by atoms with Gasteiger partial charge in [-0.05, 0) is 25.0 Å². The third-order valence-electron chi connectivity index (χ3n) is 4.28. The molecule has 1 aliphatic rings. The maximum Gasteiger partial charge on any atom is 0.0605 e. The molecule has 0 spiro atoms. The number of nitrogens with zero attached hydrogens (tertiary/aromatic N) is 2. The van der Waals surface area contributed by atoms with Crippen molar-refractivity contribution < 1.29 is 0 Å². The number of hydrogen-bond donors (Lipinski definition) is 0. The van der Waals surface area contributed by atoms with Gasteiger partial charge in [-0.2, -0.15) is 0 Å². The zero-order valence-corrected chi connectivity index (χ0v) is 12.8. The van der Waals surface area contributed by atoms with Crippen LogP contribution in [0.3, 0.4) is 0 Å². The first kappa shape index (κ1) is 14.3. The number of benzene rings is 2. The highest BCUT2D eigenvalue weighted by Crippen LogP contribution is 2.31. The number of hydrogen-bond acceptors (Lipinski definition) is 1. The molecule has 2 aromatic rings. The first-order valence-electron chi connectivity index (χ1n) is 7.78. The van der Waals surface area contributed by atoms with Crippen molar-refractivity contribution in [1.82, 2.24) is 10.2 Å². The minimum Gasteiger partial charge on any atom is -0.287 e. The van der Waals surface area contributed by atoms with Gasteiger partial charge >= 0.3 is 0 Å². The molecule has 1 heterocycles. The molecule has 0 aromatic heterocycles. The highest BCUT2D eigenvalue weighted by Gasteiger charge is 2.31. The summed E-state index contributed by atoms with van der Waals surface area (Å²) < 4.78 is 0. The van der Waals surface area contributed by atoms with E-state index in [2.05, 4.69) is 84.7 Å². The summed E-state index contributed by atoms with van der Waals surface area (Å²) in [5.41, 5.74) is 2.73. The molecule has 2 atom stereocenters. The van der Waals surface area contributed by atoms with E-state index in [0.29, 0.717) is 18.1 Å². The van der Waals surface area contributed by atoms with Crippen LogP contribution in [0.5, 0.6) is 0 Å². The van der Waals surface area contributed by atoms with Crippen LogP contribution in [0.4, 0.5) is 0 Å². The van der Waals surface area contributed by atoms with Crippen molar-refractivity contribution in [1.29, 1.82) is 0 Å². The lowest BCUT2D eigenvalue weighted by atomic mass is 9.94. The summed E-state index contributed by atoms with van der Waals surface area (Å²) in [6.45, 7) is 6.45. The zero-order chi connectivity index (χ0) is 14.7. The Morgan fingerprint density at radius 1 is 0.905 bits per heavy atom. The lowest BCUT2D eigenvalue weighted by Gasteiger charge is -2.42. The fourth-order valence-electron chi connectivity index (χ4n) is 3.19. The lowest BCUT2D eigenvalue weighted by molar-refractivity contribution is 0.111. The summed E-state index contributed by atoms with van der Waals surface area (Å²) in [7, 11) is 0. The molecule has 0 amide bonds. The Morgan fingerprint density at radius 3 is 1.95 bits per heavy atom. The molecule has 0 saturated carbocycles. The minimum absolute atomic E-state index is 0.320. The van der Waals surface area contributed by atoms with Crippen LogP contribution >= 0.6 is 0 Å². The van der Waals surface area contributed by atoms with E-state index >= 15 is 0 Å². The van der Waals surface area contributed by atoms with E-state index in [4.69, 9.17) is 0 Å². The Bertz CT molecular complexity index is 513. The fraction of sp³-hybridized carbons (Fsp3) is 0.368. The molecule has 0 N–H and O–H groups in total. The maximum absolute atomic E-state index is 4.69. The molecule has 109 valence electrons. The van der Waals surface area contributed by atoms with E-state index in [1.807, 2.05) is 0 Å². The van der Waals surface area contributed by atoms with Crippen LogP contribution < -0.4 is 5.32 Å². The van der Waals surface area contributed by atoms with Crippen LogP contribution in [0, 0.1) is 0 Å². The van der Waals surface area contributed by atoms with Crippen molar-refractivity contribution in [2.45, 2.75) is 32.0 Å². The molecule has 2 heteroatoms. The van der Waals surface area contributed by atoms with Gasteiger partial charge in [0, 0.05) is 25.2 Å². The third-order valence-corrected chi connectivity index (χ3v) is 4.28. The summed E-state index contributed by atoms with van der Waals surface area (Å²) in [6.07, 6.45) is 0. The van der Waals surface area contributed by atoms with Gasteiger partial charge in [-0.3, -0.25) is 4.90 Å². The van der Waals surface area contributed by atoms with Gasteiger partial charge in [0.1, 0.15) is 0 Å². The topological polar surface area (TPSA) is 17.3 Å². The molecule has 21 heavy (non-hydrogen) atoms. The standard InChI is InChI=1S/C19H23N2/c1-15-14-21(16(2)13-20-15)19(17-9-5-3-6-10-17)18-11-7-4-8-12-18/h3-12,15-16,19H,13-14H2,1-2H3. The van der Waals surface area contributed by atoms with Crippen molar-refractivity contribution in [3.63, 3.8) is 0 Å². The Labute approximate surface area is 127 Å². The van der Waals surface area contributed by atoms with E-state index in [1.54, 1.807) is 0 Å². The minimum atomic E-state index is 0.320. The smallest absolute Gasteiger partial charge is 0.0605 e. The zero-order valence-electron chi connectivity index (χ0n) is 12.8. The average molecular weight is 279 g/mol. The molecular weight excluding hydrogens is 256 g/mol. The van der Waals surface area contributed by atoms with Gasteiger partial charge < -0.3 is 0 Å². The molecule has 3 rings (SSSR count). The Balaban J connectivity index is 2.00.